The van der Waals surface area contributed by atoms with Crippen molar-refractivity contribution >= 4 is 21.8 Å². The van der Waals surface area contributed by atoms with Crippen molar-refractivity contribution in [3.63, 3.8) is 0 Å². The molecule has 0 bridgehead atoms. The maximum Gasteiger partial charge on any atom is 0.222 e. The second-order valence-electron chi connectivity index (χ2n) is 4.42. The standard InChI is InChI=1S/C11H20BrNO/c1-8(2)11(14)13-10-7-5-3-4-6-9(10)12/h8-10H,3-7H2,1-2H3,(H,13,14). The zero-order valence-corrected chi connectivity index (χ0v) is 10.6. The highest BCUT2D eigenvalue weighted by molar-refractivity contribution is 9.09. The highest BCUT2D eigenvalue weighted by Gasteiger charge is 2.23. The number of nitrogens with one attached hydrogen (secondary N) is 1. The minimum atomic E-state index is 0.0953. The van der Waals surface area contributed by atoms with Gasteiger partial charge in [-0.05, 0) is 12.8 Å². The van der Waals surface area contributed by atoms with Crippen molar-refractivity contribution in [1.82, 2.24) is 5.32 Å². The third kappa shape index (κ3) is 3.60. The van der Waals surface area contributed by atoms with Crippen molar-refractivity contribution in [2.45, 2.75) is 56.8 Å². The zero-order chi connectivity index (χ0) is 10.6. The van der Waals surface area contributed by atoms with E-state index in [0.29, 0.717) is 10.9 Å². The molecular weight excluding hydrogens is 242 g/mol. The van der Waals surface area contributed by atoms with Gasteiger partial charge in [-0.2, -0.15) is 0 Å². The van der Waals surface area contributed by atoms with Gasteiger partial charge in [0.05, 0.1) is 0 Å². The molecule has 0 aromatic carbocycles. The van der Waals surface area contributed by atoms with E-state index in [2.05, 4.69) is 21.2 Å². The number of amides is 1. The number of carbonyl (C=O) groups is 1. The lowest BCUT2D eigenvalue weighted by Gasteiger charge is -2.22. The van der Waals surface area contributed by atoms with E-state index in [4.69, 9.17) is 0 Å². The molecule has 1 N–H and O–H groups in total. The van der Waals surface area contributed by atoms with Crippen LogP contribution >= 0.6 is 15.9 Å². The lowest BCUT2D eigenvalue weighted by atomic mass is 10.1. The topological polar surface area (TPSA) is 29.1 Å². The summed E-state index contributed by atoms with van der Waals surface area (Å²) in [6.45, 7) is 3.88. The van der Waals surface area contributed by atoms with E-state index < -0.39 is 0 Å². The van der Waals surface area contributed by atoms with Gasteiger partial charge < -0.3 is 5.32 Å². The molecule has 82 valence electrons. The largest absolute Gasteiger partial charge is 0.352 e. The molecule has 1 aliphatic rings. The lowest BCUT2D eigenvalue weighted by Crippen LogP contribution is -2.42. The highest BCUT2D eigenvalue weighted by atomic mass is 79.9. The van der Waals surface area contributed by atoms with Gasteiger partial charge in [-0.15, -0.1) is 0 Å². The van der Waals surface area contributed by atoms with Gasteiger partial charge in [-0.25, -0.2) is 0 Å². The third-order valence-corrected chi connectivity index (χ3v) is 3.88. The minimum absolute atomic E-state index is 0.0953. The van der Waals surface area contributed by atoms with E-state index in [-0.39, 0.29) is 11.8 Å². The fourth-order valence-electron chi connectivity index (χ4n) is 1.77. The van der Waals surface area contributed by atoms with Crippen molar-refractivity contribution in [1.29, 1.82) is 0 Å². The second kappa shape index (κ2) is 5.74. The maximum atomic E-state index is 11.5. The molecule has 1 saturated carbocycles. The number of alkyl halides is 1. The second-order valence-corrected chi connectivity index (χ2v) is 5.60. The average molecular weight is 262 g/mol. The maximum absolute atomic E-state index is 11.5. The van der Waals surface area contributed by atoms with Crippen LogP contribution in [0.2, 0.25) is 0 Å². The normalized spacial score (nSPS) is 28.6. The average Bonchev–Trinajstić information content (AvgIpc) is 2.32. The molecule has 1 aliphatic carbocycles. The van der Waals surface area contributed by atoms with Crippen LogP contribution in [-0.2, 0) is 4.79 Å². The van der Waals surface area contributed by atoms with Crippen LogP contribution in [0, 0.1) is 5.92 Å². The summed E-state index contributed by atoms with van der Waals surface area (Å²) in [5.74, 6) is 0.277. The smallest absolute Gasteiger partial charge is 0.222 e. The van der Waals surface area contributed by atoms with Crippen molar-refractivity contribution in [2.75, 3.05) is 0 Å². The highest BCUT2D eigenvalue weighted by Crippen LogP contribution is 2.23. The summed E-state index contributed by atoms with van der Waals surface area (Å²) in [4.78, 5) is 12.0. The first-order valence-electron chi connectivity index (χ1n) is 5.55. The molecule has 0 aromatic rings. The van der Waals surface area contributed by atoms with Crippen LogP contribution in [0.4, 0.5) is 0 Å². The predicted molar refractivity (Wildman–Crippen MR) is 62.6 cm³/mol. The zero-order valence-electron chi connectivity index (χ0n) is 9.05. The number of rotatable bonds is 2. The summed E-state index contributed by atoms with van der Waals surface area (Å²) in [7, 11) is 0. The monoisotopic (exact) mass is 261 g/mol. The molecule has 0 saturated heterocycles. The van der Waals surface area contributed by atoms with E-state index in [9.17, 15) is 4.79 Å². The first-order valence-corrected chi connectivity index (χ1v) is 6.47. The van der Waals surface area contributed by atoms with Crippen molar-refractivity contribution < 1.29 is 4.79 Å². The van der Waals surface area contributed by atoms with Crippen LogP contribution in [0.5, 0.6) is 0 Å². The van der Waals surface area contributed by atoms with Gasteiger partial charge in [-0.1, -0.05) is 49.0 Å². The number of halogens is 1. The van der Waals surface area contributed by atoms with E-state index in [1.165, 1.54) is 25.7 Å². The minimum Gasteiger partial charge on any atom is -0.352 e. The summed E-state index contributed by atoms with van der Waals surface area (Å²) >= 11 is 3.67. The van der Waals surface area contributed by atoms with Crippen LogP contribution in [0.25, 0.3) is 0 Å². The SMILES string of the molecule is CC(C)C(=O)NC1CCCCCC1Br. The molecule has 2 unspecified atom stereocenters. The summed E-state index contributed by atoms with van der Waals surface area (Å²) in [6, 6.07) is 0.340. The molecule has 0 aliphatic heterocycles. The van der Waals surface area contributed by atoms with Gasteiger partial charge in [0, 0.05) is 16.8 Å². The van der Waals surface area contributed by atoms with Crippen molar-refractivity contribution in [3.05, 3.63) is 0 Å². The molecule has 0 aromatic heterocycles. The Bertz CT molecular complexity index is 194. The molecular formula is C11H20BrNO. The van der Waals surface area contributed by atoms with Gasteiger partial charge in [-0.3, -0.25) is 4.79 Å². The van der Waals surface area contributed by atoms with E-state index in [1.807, 2.05) is 13.8 Å². The Morgan fingerprint density at radius 3 is 2.57 bits per heavy atom. The molecule has 2 atom stereocenters. The third-order valence-electron chi connectivity index (χ3n) is 2.78. The van der Waals surface area contributed by atoms with Crippen LogP contribution in [0.1, 0.15) is 46.0 Å². The lowest BCUT2D eigenvalue weighted by molar-refractivity contribution is -0.124. The Labute approximate surface area is 95.0 Å². The first kappa shape index (κ1) is 12.0. The van der Waals surface area contributed by atoms with Crippen LogP contribution in [0.3, 0.4) is 0 Å². The quantitative estimate of drug-likeness (QED) is 0.601. The Morgan fingerprint density at radius 2 is 1.93 bits per heavy atom. The van der Waals surface area contributed by atoms with Gasteiger partial charge in [0.25, 0.3) is 0 Å². The summed E-state index contributed by atoms with van der Waals surface area (Å²) < 4.78 is 0. The summed E-state index contributed by atoms with van der Waals surface area (Å²) in [5, 5.41) is 3.12. The first-order chi connectivity index (χ1) is 6.61. The molecule has 1 amide bonds. The van der Waals surface area contributed by atoms with Crippen molar-refractivity contribution in [2.24, 2.45) is 5.92 Å². The Kier molecular flexibility index (Phi) is 4.93. The fraction of sp³-hybridized carbons (Fsp3) is 0.909. The Balaban J connectivity index is 2.44. The molecule has 3 heteroatoms. The van der Waals surface area contributed by atoms with E-state index in [0.717, 1.165) is 6.42 Å². The fourth-order valence-corrected chi connectivity index (χ4v) is 2.49. The Morgan fingerprint density at radius 1 is 1.29 bits per heavy atom. The number of hydrogen-bond donors (Lipinski definition) is 1. The van der Waals surface area contributed by atoms with Crippen LogP contribution in [-0.4, -0.2) is 16.8 Å². The van der Waals surface area contributed by atoms with E-state index >= 15 is 0 Å². The number of carbonyl (C=O) groups excluding carboxylic acids is 1. The molecule has 1 fully saturated rings. The van der Waals surface area contributed by atoms with E-state index in [1.54, 1.807) is 0 Å². The molecule has 0 radical (unpaired) electrons. The molecule has 0 spiro atoms. The van der Waals surface area contributed by atoms with Crippen LogP contribution < -0.4 is 5.32 Å². The Hall–Kier alpha value is -0.0500. The molecule has 2 nitrogen and oxygen atoms in total. The van der Waals surface area contributed by atoms with Gasteiger partial charge >= 0.3 is 0 Å². The molecule has 0 heterocycles. The number of hydrogen-bond acceptors (Lipinski definition) is 1. The van der Waals surface area contributed by atoms with Gasteiger partial charge in [0.2, 0.25) is 5.91 Å². The van der Waals surface area contributed by atoms with Gasteiger partial charge in [0.1, 0.15) is 0 Å². The van der Waals surface area contributed by atoms with Gasteiger partial charge in [0.15, 0.2) is 0 Å². The summed E-state index contributed by atoms with van der Waals surface area (Å²) in [5.41, 5.74) is 0. The van der Waals surface area contributed by atoms with Crippen LogP contribution in [0.15, 0.2) is 0 Å². The summed E-state index contributed by atoms with van der Waals surface area (Å²) in [6.07, 6.45) is 6.13. The molecule has 1 rings (SSSR count). The molecule has 14 heavy (non-hydrogen) atoms. The van der Waals surface area contributed by atoms with Crippen molar-refractivity contribution in [3.8, 4) is 0 Å². The predicted octanol–water partition coefficient (Wildman–Crippen LogP) is 2.85.